The topological polar surface area (TPSA) is 70.7 Å². The van der Waals surface area contributed by atoms with Crippen LogP contribution in [0.3, 0.4) is 0 Å². The lowest BCUT2D eigenvalue weighted by molar-refractivity contribution is -0.144. The first-order valence-electron chi connectivity index (χ1n) is 9.12. The van der Waals surface area contributed by atoms with Gasteiger partial charge in [0.15, 0.2) is 13.2 Å². The van der Waals surface area contributed by atoms with Gasteiger partial charge in [-0.2, -0.15) is 0 Å². The van der Waals surface area contributed by atoms with E-state index in [2.05, 4.69) is 0 Å². The molecule has 0 bridgehead atoms. The van der Waals surface area contributed by atoms with E-state index in [-0.39, 0.29) is 19.0 Å². The molecule has 3 aromatic rings. The van der Waals surface area contributed by atoms with Crippen molar-refractivity contribution in [2.45, 2.75) is 27.3 Å². The predicted molar refractivity (Wildman–Crippen MR) is 109 cm³/mol. The third kappa shape index (κ3) is 5.09. The van der Waals surface area contributed by atoms with Crippen LogP contribution in [0.1, 0.15) is 33.1 Å². The molecule has 2 aromatic heterocycles. The van der Waals surface area contributed by atoms with Crippen molar-refractivity contribution in [1.29, 1.82) is 0 Å². The van der Waals surface area contributed by atoms with Crippen LogP contribution in [0.25, 0.3) is 0 Å². The van der Waals surface area contributed by atoms with Crippen LogP contribution in [0.15, 0.2) is 47.1 Å². The molecule has 0 saturated heterocycles. The Balaban J connectivity index is 1.55. The van der Waals surface area contributed by atoms with E-state index in [9.17, 15) is 9.59 Å². The summed E-state index contributed by atoms with van der Waals surface area (Å²) in [6.07, 6.45) is 1.61. The number of aryl methyl sites for hydroxylation is 2. The molecule has 0 fully saturated rings. The standard InChI is InChI=1S/C22H22ClNO5/c1-14-9-17(23)6-7-21(14)28-13-22(26)29-12-20(25)19-10-15(2)24(16(19)3)11-18-5-4-8-27-18/h4-10H,11-13H2,1-3H3. The van der Waals surface area contributed by atoms with E-state index in [1.165, 1.54) is 0 Å². The first kappa shape index (κ1) is 20.7. The van der Waals surface area contributed by atoms with Crippen molar-refractivity contribution in [3.05, 3.63) is 76.0 Å². The lowest BCUT2D eigenvalue weighted by atomic mass is 10.1. The third-order valence-electron chi connectivity index (χ3n) is 4.61. The Morgan fingerprint density at radius 1 is 1.10 bits per heavy atom. The summed E-state index contributed by atoms with van der Waals surface area (Å²) in [6, 6.07) is 10.6. The van der Waals surface area contributed by atoms with Crippen LogP contribution in [0.4, 0.5) is 0 Å². The summed E-state index contributed by atoms with van der Waals surface area (Å²) in [5, 5.41) is 0.590. The molecule has 6 nitrogen and oxygen atoms in total. The van der Waals surface area contributed by atoms with Gasteiger partial charge < -0.3 is 18.5 Å². The van der Waals surface area contributed by atoms with Crippen molar-refractivity contribution in [3.8, 4) is 5.75 Å². The van der Waals surface area contributed by atoms with Crippen molar-refractivity contribution in [2.75, 3.05) is 13.2 Å². The first-order chi connectivity index (χ1) is 13.8. The summed E-state index contributed by atoms with van der Waals surface area (Å²) in [5.41, 5.74) is 3.06. The van der Waals surface area contributed by atoms with Gasteiger partial charge in [-0.05, 0) is 62.7 Å². The molecular weight excluding hydrogens is 394 g/mol. The average Bonchev–Trinajstić information content (AvgIpc) is 3.29. The van der Waals surface area contributed by atoms with Gasteiger partial charge in [-0.1, -0.05) is 11.6 Å². The van der Waals surface area contributed by atoms with Gasteiger partial charge in [-0.15, -0.1) is 0 Å². The number of hydrogen-bond acceptors (Lipinski definition) is 5. The van der Waals surface area contributed by atoms with Crippen molar-refractivity contribution in [2.24, 2.45) is 0 Å². The van der Waals surface area contributed by atoms with Crippen LogP contribution in [0.2, 0.25) is 5.02 Å². The third-order valence-corrected chi connectivity index (χ3v) is 4.85. The normalized spacial score (nSPS) is 10.8. The first-order valence-corrected chi connectivity index (χ1v) is 9.50. The lowest BCUT2D eigenvalue weighted by Gasteiger charge is -2.10. The molecule has 1 aromatic carbocycles. The molecular formula is C22H22ClNO5. The zero-order valence-electron chi connectivity index (χ0n) is 16.5. The maximum Gasteiger partial charge on any atom is 0.344 e. The molecule has 2 heterocycles. The number of halogens is 1. The van der Waals surface area contributed by atoms with Gasteiger partial charge in [0.1, 0.15) is 11.5 Å². The number of carbonyl (C=O) groups is 2. The Hall–Kier alpha value is -2.99. The van der Waals surface area contributed by atoms with E-state index in [1.54, 1.807) is 30.5 Å². The minimum Gasteiger partial charge on any atom is -0.482 e. The Bertz CT molecular complexity index is 1020. The van der Waals surface area contributed by atoms with Crippen LogP contribution in [0.5, 0.6) is 5.75 Å². The highest BCUT2D eigenvalue weighted by Crippen LogP contribution is 2.22. The van der Waals surface area contributed by atoms with Gasteiger partial charge in [0.25, 0.3) is 0 Å². The van der Waals surface area contributed by atoms with Crippen LogP contribution in [-0.4, -0.2) is 29.5 Å². The van der Waals surface area contributed by atoms with Gasteiger partial charge in [-0.3, -0.25) is 4.79 Å². The highest BCUT2D eigenvalue weighted by atomic mass is 35.5. The summed E-state index contributed by atoms with van der Waals surface area (Å²) in [7, 11) is 0. The molecule has 152 valence electrons. The minimum atomic E-state index is -0.614. The molecule has 3 rings (SSSR count). The second-order valence-corrected chi connectivity index (χ2v) is 7.17. The number of ketones is 1. The summed E-state index contributed by atoms with van der Waals surface area (Å²) in [4.78, 5) is 24.5. The van der Waals surface area contributed by atoms with Gasteiger partial charge in [0, 0.05) is 22.0 Å². The molecule has 0 saturated carbocycles. The Morgan fingerprint density at radius 2 is 1.90 bits per heavy atom. The van der Waals surface area contributed by atoms with Gasteiger partial charge >= 0.3 is 5.97 Å². The van der Waals surface area contributed by atoms with E-state index in [4.69, 9.17) is 25.5 Å². The number of aromatic nitrogens is 1. The van der Waals surface area contributed by atoms with Crippen LogP contribution in [-0.2, 0) is 16.1 Å². The van der Waals surface area contributed by atoms with Gasteiger partial charge in [0.05, 0.1) is 12.8 Å². The quantitative estimate of drug-likeness (QED) is 0.399. The number of Topliss-reactive ketones (excluding diaryl/α,β-unsaturated/α-hetero) is 1. The number of rotatable bonds is 8. The molecule has 0 N–H and O–H groups in total. The number of esters is 1. The summed E-state index contributed by atoms with van der Waals surface area (Å²) >= 11 is 5.90. The number of hydrogen-bond donors (Lipinski definition) is 0. The summed E-state index contributed by atoms with van der Waals surface area (Å²) in [5.74, 6) is 0.461. The Labute approximate surface area is 174 Å². The summed E-state index contributed by atoms with van der Waals surface area (Å²) < 4.78 is 17.9. The van der Waals surface area contributed by atoms with Crippen LogP contribution >= 0.6 is 11.6 Å². The molecule has 0 aliphatic carbocycles. The van der Waals surface area contributed by atoms with Crippen molar-refractivity contribution < 1.29 is 23.5 Å². The van der Waals surface area contributed by atoms with Crippen molar-refractivity contribution >= 4 is 23.4 Å². The number of carbonyl (C=O) groups excluding carboxylic acids is 2. The second kappa shape index (κ2) is 9.01. The van der Waals surface area contributed by atoms with Gasteiger partial charge in [-0.25, -0.2) is 4.79 Å². The molecule has 0 spiro atoms. The SMILES string of the molecule is Cc1cc(Cl)ccc1OCC(=O)OCC(=O)c1cc(C)n(Cc2ccco2)c1C. The average molecular weight is 416 g/mol. The van der Waals surface area contributed by atoms with Crippen molar-refractivity contribution in [3.63, 3.8) is 0 Å². The fourth-order valence-electron chi connectivity index (χ4n) is 3.06. The van der Waals surface area contributed by atoms with E-state index in [0.29, 0.717) is 22.9 Å². The Morgan fingerprint density at radius 3 is 2.59 bits per heavy atom. The molecule has 0 aliphatic heterocycles. The molecule has 0 aliphatic rings. The zero-order chi connectivity index (χ0) is 21.0. The number of benzene rings is 1. The maximum atomic E-state index is 12.5. The molecule has 0 radical (unpaired) electrons. The number of furan rings is 1. The largest absolute Gasteiger partial charge is 0.482 e. The number of nitrogens with zero attached hydrogens (tertiary/aromatic N) is 1. The zero-order valence-corrected chi connectivity index (χ0v) is 17.3. The van der Waals surface area contributed by atoms with E-state index < -0.39 is 5.97 Å². The van der Waals surface area contributed by atoms with Crippen molar-refractivity contribution in [1.82, 2.24) is 4.57 Å². The molecule has 0 amide bonds. The number of ether oxygens (including phenoxy) is 2. The van der Waals surface area contributed by atoms with Crippen LogP contribution < -0.4 is 4.74 Å². The fraction of sp³-hybridized carbons (Fsp3) is 0.273. The highest BCUT2D eigenvalue weighted by Gasteiger charge is 2.18. The van der Waals surface area contributed by atoms with E-state index in [0.717, 1.165) is 22.7 Å². The van der Waals surface area contributed by atoms with Gasteiger partial charge in [0.2, 0.25) is 5.78 Å². The highest BCUT2D eigenvalue weighted by molar-refractivity contribution is 6.30. The van der Waals surface area contributed by atoms with E-state index in [1.807, 2.05) is 37.5 Å². The minimum absolute atomic E-state index is 0.264. The molecule has 0 unspecified atom stereocenters. The molecule has 29 heavy (non-hydrogen) atoms. The predicted octanol–water partition coefficient (Wildman–Crippen LogP) is 4.51. The Kier molecular flexibility index (Phi) is 6.44. The molecule has 7 heteroatoms. The maximum absolute atomic E-state index is 12.5. The lowest BCUT2D eigenvalue weighted by Crippen LogP contribution is -2.20. The van der Waals surface area contributed by atoms with Crippen LogP contribution in [0, 0.1) is 20.8 Å². The smallest absolute Gasteiger partial charge is 0.344 e. The van der Waals surface area contributed by atoms with E-state index >= 15 is 0 Å². The molecule has 0 atom stereocenters. The summed E-state index contributed by atoms with van der Waals surface area (Å²) in [6.45, 7) is 5.51. The fourth-order valence-corrected chi connectivity index (χ4v) is 3.29. The monoisotopic (exact) mass is 415 g/mol. The second-order valence-electron chi connectivity index (χ2n) is 6.73.